The Labute approximate surface area is 151 Å². The maximum atomic E-state index is 12.4. The van der Waals surface area contributed by atoms with Crippen LogP contribution in [0.25, 0.3) is 10.2 Å². The van der Waals surface area contributed by atoms with Crippen LogP contribution in [0.1, 0.15) is 30.9 Å². The van der Waals surface area contributed by atoms with Crippen LogP contribution in [0.2, 0.25) is 0 Å². The van der Waals surface area contributed by atoms with Gasteiger partial charge < -0.3 is 9.88 Å². The highest BCUT2D eigenvalue weighted by atomic mass is 32.1. The zero-order valence-electron chi connectivity index (χ0n) is 14.6. The lowest BCUT2D eigenvalue weighted by Gasteiger charge is -2.08. The number of anilines is 1. The molecule has 1 heterocycles. The monoisotopic (exact) mass is 353 g/mol. The van der Waals surface area contributed by atoms with E-state index in [2.05, 4.69) is 24.4 Å². The molecule has 0 spiro atoms. The molecule has 0 bridgehead atoms. The minimum absolute atomic E-state index is 0.114. The van der Waals surface area contributed by atoms with Crippen molar-refractivity contribution in [2.24, 2.45) is 0 Å². The van der Waals surface area contributed by atoms with E-state index in [1.54, 1.807) is 4.57 Å². The van der Waals surface area contributed by atoms with E-state index in [-0.39, 0.29) is 12.5 Å². The van der Waals surface area contributed by atoms with Crippen molar-refractivity contribution in [1.29, 1.82) is 5.41 Å². The number of benzene rings is 2. The van der Waals surface area contributed by atoms with Crippen LogP contribution < -0.4 is 10.1 Å². The molecule has 0 aliphatic heterocycles. The Bertz CT molecular complexity index is 938. The first-order chi connectivity index (χ1) is 12.1. The lowest BCUT2D eigenvalue weighted by Crippen LogP contribution is -2.24. The van der Waals surface area contributed by atoms with Gasteiger partial charge in [-0.1, -0.05) is 48.4 Å². The van der Waals surface area contributed by atoms with Gasteiger partial charge in [0.05, 0.1) is 10.2 Å². The van der Waals surface area contributed by atoms with E-state index in [1.807, 2.05) is 37.3 Å². The molecule has 1 aromatic heterocycles. The smallest absolute Gasteiger partial charge is 0.244 e. The quantitative estimate of drug-likeness (QED) is 0.675. The molecule has 3 rings (SSSR count). The number of nitrogens with zero attached hydrogens (tertiary/aromatic N) is 1. The summed E-state index contributed by atoms with van der Waals surface area (Å²) < 4.78 is 2.84. The fourth-order valence-corrected chi connectivity index (χ4v) is 3.78. The van der Waals surface area contributed by atoms with Crippen LogP contribution in [0.3, 0.4) is 0 Å². The first-order valence-corrected chi connectivity index (χ1v) is 9.42. The van der Waals surface area contributed by atoms with E-state index < -0.39 is 0 Å². The second-order valence-corrected chi connectivity index (χ2v) is 7.34. The summed E-state index contributed by atoms with van der Waals surface area (Å²) in [5, 5.41) is 11.1. The third kappa shape index (κ3) is 4.17. The largest absolute Gasteiger partial charge is 0.325 e. The van der Waals surface area contributed by atoms with E-state index >= 15 is 0 Å². The number of rotatable bonds is 6. The van der Waals surface area contributed by atoms with Crippen molar-refractivity contribution in [3.63, 3.8) is 0 Å². The summed E-state index contributed by atoms with van der Waals surface area (Å²) in [6.07, 6.45) is 3.40. The molecule has 0 aliphatic rings. The van der Waals surface area contributed by atoms with Gasteiger partial charge in [-0.2, -0.15) is 0 Å². The Morgan fingerprint density at radius 2 is 1.96 bits per heavy atom. The zero-order chi connectivity index (χ0) is 17.8. The minimum atomic E-state index is -0.114. The number of hydrogen-bond acceptors (Lipinski definition) is 3. The number of carbonyl (C=O) groups excluding carboxylic acids is 1. The normalized spacial score (nSPS) is 11.0. The lowest BCUT2D eigenvalue weighted by molar-refractivity contribution is -0.116. The van der Waals surface area contributed by atoms with Crippen LogP contribution in [-0.4, -0.2) is 10.5 Å². The molecular formula is C20H23N3OS. The van der Waals surface area contributed by atoms with Crippen LogP contribution in [0.5, 0.6) is 0 Å². The first kappa shape index (κ1) is 17.4. The highest BCUT2D eigenvalue weighted by Crippen LogP contribution is 2.20. The standard InChI is InChI=1S/C20H23N3OS/c1-3-4-5-15-8-11-17-18(12-15)25-20(21)23(17)13-19(24)22-16-9-6-14(2)7-10-16/h6-12,21H,3-5,13H2,1-2H3,(H,22,24). The Kier molecular flexibility index (Phi) is 5.34. The number of aryl methyl sites for hydroxylation is 2. The number of carbonyl (C=O) groups is 1. The average molecular weight is 353 g/mol. The Morgan fingerprint density at radius 3 is 2.68 bits per heavy atom. The van der Waals surface area contributed by atoms with Crippen molar-refractivity contribution in [3.8, 4) is 0 Å². The van der Waals surface area contributed by atoms with Crippen LogP contribution >= 0.6 is 11.3 Å². The number of aromatic nitrogens is 1. The molecule has 130 valence electrons. The summed E-state index contributed by atoms with van der Waals surface area (Å²) in [5.41, 5.74) is 4.19. The molecular weight excluding hydrogens is 330 g/mol. The van der Waals surface area contributed by atoms with Crippen molar-refractivity contribution in [2.45, 2.75) is 39.7 Å². The van der Waals surface area contributed by atoms with E-state index in [4.69, 9.17) is 5.41 Å². The van der Waals surface area contributed by atoms with E-state index in [9.17, 15) is 4.79 Å². The summed E-state index contributed by atoms with van der Waals surface area (Å²) in [5.74, 6) is -0.114. The Balaban J connectivity index is 1.78. The molecule has 0 aliphatic carbocycles. The third-order valence-corrected chi connectivity index (χ3v) is 5.18. The van der Waals surface area contributed by atoms with Crippen molar-refractivity contribution >= 4 is 33.1 Å². The van der Waals surface area contributed by atoms with Gasteiger partial charge in [-0.3, -0.25) is 10.2 Å². The summed E-state index contributed by atoms with van der Waals surface area (Å²) >= 11 is 1.43. The van der Waals surface area contributed by atoms with Crippen LogP contribution in [0.15, 0.2) is 42.5 Å². The number of fused-ring (bicyclic) bond motifs is 1. The van der Waals surface area contributed by atoms with Crippen LogP contribution in [0.4, 0.5) is 5.69 Å². The molecule has 0 unspecified atom stereocenters. The Hall–Kier alpha value is -2.40. The molecule has 3 aromatic rings. The second kappa shape index (κ2) is 7.66. The number of amides is 1. The third-order valence-electron chi connectivity index (χ3n) is 4.22. The maximum Gasteiger partial charge on any atom is 0.244 e. The van der Waals surface area contributed by atoms with Gasteiger partial charge in [-0.05, 0) is 49.6 Å². The summed E-state index contributed by atoms with van der Waals surface area (Å²) in [6, 6.07) is 14.0. The zero-order valence-corrected chi connectivity index (χ0v) is 15.5. The van der Waals surface area contributed by atoms with Crippen molar-refractivity contribution in [3.05, 3.63) is 58.4 Å². The van der Waals surface area contributed by atoms with Gasteiger partial charge in [0, 0.05) is 5.69 Å². The van der Waals surface area contributed by atoms with Crippen LogP contribution in [-0.2, 0) is 17.8 Å². The van der Waals surface area contributed by atoms with E-state index in [0.717, 1.165) is 27.9 Å². The van der Waals surface area contributed by atoms with Gasteiger partial charge in [0.1, 0.15) is 6.54 Å². The fourth-order valence-electron chi connectivity index (χ4n) is 2.81. The highest BCUT2D eigenvalue weighted by Gasteiger charge is 2.10. The molecule has 0 radical (unpaired) electrons. The van der Waals surface area contributed by atoms with Gasteiger partial charge >= 0.3 is 0 Å². The van der Waals surface area contributed by atoms with Gasteiger partial charge in [-0.25, -0.2) is 0 Å². The van der Waals surface area contributed by atoms with Gasteiger partial charge in [0.25, 0.3) is 0 Å². The SMILES string of the molecule is CCCCc1ccc2c(c1)sc(=N)n2CC(=O)Nc1ccc(C)cc1. The topological polar surface area (TPSA) is 57.9 Å². The predicted octanol–water partition coefficient (Wildman–Crippen LogP) is 4.47. The molecule has 0 saturated heterocycles. The van der Waals surface area contributed by atoms with Gasteiger partial charge in [0.2, 0.25) is 5.91 Å². The van der Waals surface area contributed by atoms with E-state index in [0.29, 0.717) is 4.80 Å². The molecule has 2 aromatic carbocycles. The first-order valence-electron chi connectivity index (χ1n) is 8.60. The molecule has 4 nitrogen and oxygen atoms in total. The van der Waals surface area contributed by atoms with E-state index in [1.165, 1.54) is 29.7 Å². The van der Waals surface area contributed by atoms with Gasteiger partial charge in [-0.15, -0.1) is 0 Å². The molecule has 0 saturated carbocycles. The summed E-state index contributed by atoms with van der Waals surface area (Å²) in [7, 11) is 0. The molecule has 2 N–H and O–H groups in total. The average Bonchev–Trinajstić information content (AvgIpc) is 2.90. The Morgan fingerprint density at radius 1 is 1.20 bits per heavy atom. The summed E-state index contributed by atoms with van der Waals surface area (Å²) in [6.45, 7) is 4.35. The molecule has 0 atom stereocenters. The molecule has 5 heteroatoms. The number of hydrogen-bond donors (Lipinski definition) is 2. The van der Waals surface area contributed by atoms with Crippen LogP contribution in [0, 0.1) is 12.3 Å². The van der Waals surface area contributed by atoms with Gasteiger partial charge in [0.15, 0.2) is 4.80 Å². The maximum absolute atomic E-state index is 12.4. The highest BCUT2D eigenvalue weighted by molar-refractivity contribution is 7.16. The molecule has 0 fully saturated rings. The molecule has 1 amide bonds. The van der Waals surface area contributed by atoms with Crippen molar-refractivity contribution in [1.82, 2.24) is 4.57 Å². The minimum Gasteiger partial charge on any atom is -0.325 e. The predicted molar refractivity (Wildman–Crippen MR) is 104 cm³/mol. The molecule has 25 heavy (non-hydrogen) atoms. The summed E-state index contributed by atoms with van der Waals surface area (Å²) in [4.78, 5) is 12.8. The van der Waals surface area contributed by atoms with Crippen molar-refractivity contribution in [2.75, 3.05) is 5.32 Å². The lowest BCUT2D eigenvalue weighted by atomic mass is 10.1. The van der Waals surface area contributed by atoms with Crippen molar-refractivity contribution < 1.29 is 4.79 Å². The second-order valence-electron chi connectivity index (χ2n) is 6.31. The number of unbranched alkanes of at least 4 members (excludes halogenated alkanes) is 1. The number of nitrogens with one attached hydrogen (secondary N) is 2. The fraction of sp³-hybridized carbons (Fsp3) is 0.300. The number of thiazole rings is 1.